The monoisotopic (exact) mass is 333 g/mol. The predicted molar refractivity (Wildman–Crippen MR) is 86.6 cm³/mol. The van der Waals surface area contributed by atoms with Gasteiger partial charge in [0.05, 0.1) is 23.0 Å². The Morgan fingerprint density at radius 3 is 2.78 bits per heavy atom. The number of anilines is 1. The number of carbonyl (C=O) groups is 1. The summed E-state index contributed by atoms with van der Waals surface area (Å²) in [5.74, 6) is -0.247. The molecular formula is C16H13ClFN3O2. The van der Waals surface area contributed by atoms with Crippen LogP contribution in [-0.4, -0.2) is 22.8 Å². The first-order chi connectivity index (χ1) is 11.0. The summed E-state index contributed by atoms with van der Waals surface area (Å²) in [5, 5.41) is 7.74. The molecule has 0 bridgehead atoms. The maximum absolute atomic E-state index is 13.1. The Bertz CT molecular complexity index is 908. The van der Waals surface area contributed by atoms with Crippen LogP contribution >= 0.6 is 11.6 Å². The summed E-state index contributed by atoms with van der Waals surface area (Å²) in [6.45, 7) is 0. The van der Waals surface area contributed by atoms with Crippen LogP contribution in [0.4, 0.5) is 10.1 Å². The fraction of sp³-hybridized carbons (Fsp3) is 0.125. The van der Waals surface area contributed by atoms with E-state index in [1.54, 1.807) is 37.0 Å². The highest BCUT2D eigenvalue weighted by Gasteiger charge is 2.13. The minimum Gasteiger partial charge on any atom is -0.481 e. The van der Waals surface area contributed by atoms with E-state index in [4.69, 9.17) is 16.3 Å². The lowest BCUT2D eigenvalue weighted by Crippen LogP contribution is -2.11. The highest BCUT2D eigenvalue weighted by Crippen LogP contribution is 2.26. The van der Waals surface area contributed by atoms with Crippen molar-refractivity contribution in [3.8, 4) is 5.88 Å². The van der Waals surface area contributed by atoms with Crippen molar-refractivity contribution in [3.63, 3.8) is 0 Å². The minimum atomic E-state index is -0.535. The first kappa shape index (κ1) is 15.3. The van der Waals surface area contributed by atoms with E-state index in [0.29, 0.717) is 22.6 Å². The molecule has 0 radical (unpaired) electrons. The summed E-state index contributed by atoms with van der Waals surface area (Å²) in [4.78, 5) is 12.3. The second-order valence-electron chi connectivity index (χ2n) is 4.95. The number of nitrogens with one attached hydrogen (secondary N) is 1. The van der Waals surface area contributed by atoms with Crippen molar-refractivity contribution in [3.05, 3.63) is 52.8 Å². The number of nitrogens with zero attached hydrogens (tertiary/aromatic N) is 2. The first-order valence-corrected chi connectivity index (χ1v) is 7.14. The van der Waals surface area contributed by atoms with Crippen LogP contribution in [0.25, 0.3) is 10.9 Å². The topological polar surface area (TPSA) is 56.1 Å². The van der Waals surface area contributed by atoms with Crippen LogP contribution in [0.5, 0.6) is 5.88 Å². The van der Waals surface area contributed by atoms with Crippen molar-refractivity contribution in [2.45, 2.75) is 0 Å². The third-order valence-electron chi connectivity index (χ3n) is 3.41. The molecule has 5 nitrogen and oxygen atoms in total. The molecule has 0 unspecified atom stereocenters. The maximum atomic E-state index is 13.1. The van der Waals surface area contributed by atoms with E-state index in [2.05, 4.69) is 10.4 Å². The third kappa shape index (κ3) is 2.85. The average molecular weight is 334 g/mol. The van der Waals surface area contributed by atoms with Crippen LogP contribution in [0.3, 0.4) is 0 Å². The van der Waals surface area contributed by atoms with Crippen molar-refractivity contribution in [2.24, 2.45) is 7.05 Å². The van der Waals surface area contributed by atoms with E-state index < -0.39 is 5.82 Å². The van der Waals surface area contributed by atoms with Gasteiger partial charge in [-0.05, 0) is 36.4 Å². The zero-order valence-electron chi connectivity index (χ0n) is 12.4. The highest BCUT2D eigenvalue weighted by atomic mass is 35.5. The quantitative estimate of drug-likeness (QED) is 0.796. The van der Waals surface area contributed by atoms with Gasteiger partial charge in [-0.3, -0.25) is 4.79 Å². The van der Waals surface area contributed by atoms with Gasteiger partial charge in [0.15, 0.2) is 0 Å². The summed E-state index contributed by atoms with van der Waals surface area (Å²) in [6.07, 6.45) is 0. The van der Waals surface area contributed by atoms with Gasteiger partial charge in [-0.15, -0.1) is 0 Å². The van der Waals surface area contributed by atoms with E-state index in [9.17, 15) is 9.18 Å². The molecule has 0 atom stereocenters. The summed E-state index contributed by atoms with van der Waals surface area (Å²) in [5.41, 5.74) is 1.49. The van der Waals surface area contributed by atoms with Gasteiger partial charge in [0.2, 0.25) is 5.88 Å². The number of methoxy groups -OCH3 is 1. The Labute approximate surface area is 136 Å². The molecule has 7 heteroatoms. The van der Waals surface area contributed by atoms with E-state index in [0.717, 1.165) is 5.39 Å². The van der Waals surface area contributed by atoms with Crippen molar-refractivity contribution in [1.29, 1.82) is 0 Å². The molecule has 0 aliphatic heterocycles. The van der Waals surface area contributed by atoms with Gasteiger partial charge in [-0.25, -0.2) is 9.07 Å². The van der Waals surface area contributed by atoms with Crippen molar-refractivity contribution >= 4 is 34.1 Å². The molecule has 0 aliphatic rings. The summed E-state index contributed by atoms with van der Waals surface area (Å²) < 4.78 is 20.0. The molecule has 0 saturated heterocycles. The van der Waals surface area contributed by atoms with Gasteiger partial charge in [0.25, 0.3) is 5.91 Å². The number of amides is 1. The summed E-state index contributed by atoms with van der Waals surface area (Å²) in [6, 6.07) is 9.11. The number of aryl methyl sites for hydroxylation is 1. The normalized spacial score (nSPS) is 10.8. The maximum Gasteiger partial charge on any atom is 0.255 e. The van der Waals surface area contributed by atoms with Gasteiger partial charge in [0, 0.05) is 18.3 Å². The third-order valence-corrected chi connectivity index (χ3v) is 3.70. The molecule has 0 saturated carbocycles. The smallest absolute Gasteiger partial charge is 0.255 e. The van der Waals surface area contributed by atoms with E-state index in [1.165, 1.54) is 18.2 Å². The SMILES string of the molecule is COc1c2ccc(C(=O)Nc3ccc(F)c(Cl)c3)cc2nn1C. The second-order valence-corrected chi connectivity index (χ2v) is 5.36. The Hall–Kier alpha value is -2.60. The molecule has 3 rings (SSSR count). The van der Waals surface area contributed by atoms with Gasteiger partial charge in [-0.2, -0.15) is 5.10 Å². The summed E-state index contributed by atoms with van der Waals surface area (Å²) in [7, 11) is 3.33. The van der Waals surface area contributed by atoms with Crippen molar-refractivity contribution in [1.82, 2.24) is 9.78 Å². The van der Waals surface area contributed by atoms with Crippen LogP contribution in [0.1, 0.15) is 10.4 Å². The number of ether oxygens (including phenoxy) is 1. The summed E-state index contributed by atoms with van der Waals surface area (Å²) >= 11 is 5.70. The first-order valence-electron chi connectivity index (χ1n) is 6.76. The molecule has 1 amide bonds. The number of benzene rings is 2. The van der Waals surface area contributed by atoms with E-state index >= 15 is 0 Å². The number of halogens is 2. The molecule has 0 spiro atoms. The lowest BCUT2D eigenvalue weighted by molar-refractivity contribution is 0.102. The minimum absolute atomic E-state index is 0.0484. The Morgan fingerprint density at radius 1 is 1.30 bits per heavy atom. The van der Waals surface area contributed by atoms with Gasteiger partial charge >= 0.3 is 0 Å². The van der Waals surface area contributed by atoms with E-state index in [1.807, 2.05) is 0 Å². The standard InChI is InChI=1S/C16H13ClFN3O2/c1-21-16(23-2)11-5-3-9(7-14(11)20-21)15(22)19-10-4-6-13(18)12(17)8-10/h3-8H,1-2H3,(H,19,22). The molecule has 0 aliphatic carbocycles. The van der Waals surface area contributed by atoms with Crippen LogP contribution in [0, 0.1) is 5.82 Å². The molecule has 1 N–H and O–H groups in total. The van der Waals surface area contributed by atoms with Gasteiger partial charge in [-0.1, -0.05) is 11.6 Å². The second kappa shape index (κ2) is 5.89. The molecule has 1 heterocycles. The number of hydrogen-bond donors (Lipinski definition) is 1. The molecular weight excluding hydrogens is 321 g/mol. The zero-order valence-corrected chi connectivity index (χ0v) is 13.2. The number of hydrogen-bond acceptors (Lipinski definition) is 3. The molecule has 23 heavy (non-hydrogen) atoms. The Morgan fingerprint density at radius 2 is 2.09 bits per heavy atom. The molecule has 118 valence electrons. The van der Waals surface area contributed by atoms with Crippen LogP contribution in [-0.2, 0) is 7.05 Å². The molecule has 1 aromatic heterocycles. The predicted octanol–water partition coefficient (Wildman–Crippen LogP) is 3.63. The van der Waals surface area contributed by atoms with E-state index in [-0.39, 0.29) is 10.9 Å². The van der Waals surface area contributed by atoms with Gasteiger partial charge < -0.3 is 10.1 Å². The number of aromatic nitrogens is 2. The number of rotatable bonds is 3. The average Bonchev–Trinajstić information content (AvgIpc) is 2.85. The Balaban J connectivity index is 1.90. The number of fused-ring (bicyclic) bond motifs is 1. The van der Waals surface area contributed by atoms with Crippen molar-refractivity contribution < 1.29 is 13.9 Å². The van der Waals surface area contributed by atoms with Crippen LogP contribution in [0.2, 0.25) is 5.02 Å². The fourth-order valence-electron chi connectivity index (χ4n) is 2.34. The zero-order chi connectivity index (χ0) is 16.6. The van der Waals surface area contributed by atoms with Crippen molar-refractivity contribution in [2.75, 3.05) is 12.4 Å². The lowest BCUT2D eigenvalue weighted by atomic mass is 10.1. The van der Waals surface area contributed by atoms with Gasteiger partial charge in [0.1, 0.15) is 5.82 Å². The fourth-order valence-corrected chi connectivity index (χ4v) is 2.52. The van der Waals surface area contributed by atoms with Crippen LogP contribution in [0.15, 0.2) is 36.4 Å². The largest absolute Gasteiger partial charge is 0.481 e. The molecule has 3 aromatic rings. The molecule has 0 fully saturated rings. The van der Waals surface area contributed by atoms with Crippen LogP contribution < -0.4 is 10.1 Å². The number of carbonyl (C=O) groups excluding carboxylic acids is 1. The molecule has 2 aromatic carbocycles. The highest BCUT2D eigenvalue weighted by molar-refractivity contribution is 6.31. The lowest BCUT2D eigenvalue weighted by Gasteiger charge is -2.06. The Kier molecular flexibility index (Phi) is 3.92.